The van der Waals surface area contributed by atoms with Crippen LogP contribution in [-0.4, -0.2) is 42.3 Å². The van der Waals surface area contributed by atoms with Crippen LogP contribution in [0.25, 0.3) is 0 Å². The van der Waals surface area contributed by atoms with E-state index in [9.17, 15) is 4.79 Å². The Labute approximate surface area is 70.2 Å². The molecular formula is C7H12O5. The Bertz CT molecular complexity index is 145. The van der Waals surface area contributed by atoms with Crippen molar-refractivity contribution in [3.8, 4) is 0 Å². The predicted octanol–water partition coefficient (Wildman–Crippen LogP) is 0.244. The van der Waals surface area contributed by atoms with Crippen molar-refractivity contribution >= 4 is 6.16 Å². The van der Waals surface area contributed by atoms with E-state index in [0.717, 1.165) is 0 Å². The van der Waals surface area contributed by atoms with Gasteiger partial charge in [0.15, 0.2) is 0 Å². The van der Waals surface area contributed by atoms with Crippen LogP contribution in [0.5, 0.6) is 0 Å². The summed E-state index contributed by atoms with van der Waals surface area (Å²) in [6, 6.07) is 0. The minimum Gasteiger partial charge on any atom is -0.450 e. The van der Waals surface area contributed by atoms with E-state index in [2.05, 4.69) is 11.3 Å². The van der Waals surface area contributed by atoms with E-state index in [1.54, 1.807) is 0 Å². The van der Waals surface area contributed by atoms with Crippen LogP contribution < -0.4 is 0 Å². The molecule has 2 N–H and O–H groups in total. The summed E-state index contributed by atoms with van der Waals surface area (Å²) in [5.41, 5.74) is 0. The van der Waals surface area contributed by atoms with E-state index in [1.165, 1.54) is 6.08 Å². The number of ether oxygens (including phenoxy) is 2. The number of aliphatic hydroxyl groups excluding tert-OH is 1. The van der Waals surface area contributed by atoms with Gasteiger partial charge in [0.05, 0.1) is 13.2 Å². The van der Waals surface area contributed by atoms with Gasteiger partial charge in [0.1, 0.15) is 12.7 Å². The molecule has 0 aliphatic rings. The highest BCUT2D eigenvalue weighted by Crippen LogP contribution is 1.88. The highest BCUT2D eigenvalue weighted by molar-refractivity contribution is 5.56. The van der Waals surface area contributed by atoms with Gasteiger partial charge in [-0.25, -0.2) is 4.79 Å². The van der Waals surface area contributed by atoms with Crippen LogP contribution in [0.1, 0.15) is 0 Å². The summed E-state index contributed by atoms with van der Waals surface area (Å²) in [5, 5.41) is 17.0. The quantitative estimate of drug-likeness (QED) is 0.344. The van der Waals surface area contributed by atoms with E-state index in [4.69, 9.17) is 14.9 Å². The van der Waals surface area contributed by atoms with E-state index >= 15 is 0 Å². The Kier molecular flexibility index (Phi) is 6.04. The van der Waals surface area contributed by atoms with Crippen LogP contribution in [0.3, 0.4) is 0 Å². The van der Waals surface area contributed by atoms with Gasteiger partial charge >= 0.3 is 6.16 Å². The number of rotatable bonds is 6. The molecule has 0 aromatic carbocycles. The molecule has 5 nitrogen and oxygen atoms in total. The molecule has 0 spiro atoms. The lowest BCUT2D eigenvalue weighted by Crippen LogP contribution is -2.23. The molecule has 70 valence electrons. The van der Waals surface area contributed by atoms with Gasteiger partial charge in [0, 0.05) is 0 Å². The fourth-order valence-electron chi connectivity index (χ4n) is 0.503. The van der Waals surface area contributed by atoms with Crippen LogP contribution >= 0.6 is 0 Å². The molecule has 0 amide bonds. The van der Waals surface area contributed by atoms with E-state index in [0.29, 0.717) is 6.61 Å². The zero-order chi connectivity index (χ0) is 9.40. The molecule has 0 saturated heterocycles. The third-order valence-corrected chi connectivity index (χ3v) is 0.945. The number of hydrogen-bond acceptors (Lipinski definition) is 4. The number of carboxylic acid groups (broad SMARTS) is 1. The summed E-state index contributed by atoms with van der Waals surface area (Å²) in [7, 11) is 0. The lowest BCUT2D eigenvalue weighted by Gasteiger charge is -2.08. The average Bonchev–Trinajstić information content (AvgIpc) is 2.01. The summed E-state index contributed by atoms with van der Waals surface area (Å²) in [5.74, 6) is 0. The SMILES string of the molecule is C=CCOCC(O)COC(=O)O. The summed E-state index contributed by atoms with van der Waals surface area (Å²) < 4.78 is 8.93. The monoisotopic (exact) mass is 176 g/mol. The van der Waals surface area contributed by atoms with Crippen molar-refractivity contribution in [1.29, 1.82) is 0 Å². The van der Waals surface area contributed by atoms with E-state index in [-0.39, 0.29) is 13.2 Å². The molecule has 0 aromatic heterocycles. The maximum Gasteiger partial charge on any atom is 0.505 e. The first-order chi connectivity index (χ1) is 5.66. The van der Waals surface area contributed by atoms with Gasteiger partial charge < -0.3 is 19.7 Å². The van der Waals surface area contributed by atoms with Gasteiger partial charge in [0.25, 0.3) is 0 Å². The molecule has 0 aromatic rings. The Morgan fingerprint density at radius 2 is 2.25 bits per heavy atom. The fourth-order valence-corrected chi connectivity index (χ4v) is 0.503. The lowest BCUT2D eigenvalue weighted by molar-refractivity contribution is -0.00418. The maximum atomic E-state index is 9.84. The molecule has 1 unspecified atom stereocenters. The van der Waals surface area contributed by atoms with Crippen LogP contribution in [0.2, 0.25) is 0 Å². The van der Waals surface area contributed by atoms with Crippen LogP contribution in [0.4, 0.5) is 4.79 Å². The summed E-state index contributed by atoms with van der Waals surface area (Å²) in [4.78, 5) is 9.84. The Hall–Kier alpha value is -1.07. The van der Waals surface area contributed by atoms with Gasteiger partial charge in [-0.15, -0.1) is 6.58 Å². The first-order valence-corrected chi connectivity index (χ1v) is 3.39. The molecule has 0 radical (unpaired) electrons. The van der Waals surface area contributed by atoms with Gasteiger partial charge in [-0.2, -0.15) is 0 Å². The number of hydrogen-bond donors (Lipinski definition) is 2. The number of carbonyl (C=O) groups is 1. The molecule has 0 bridgehead atoms. The summed E-state index contributed by atoms with van der Waals surface area (Å²) in [6.45, 7) is 3.49. The first kappa shape index (κ1) is 10.9. The smallest absolute Gasteiger partial charge is 0.450 e. The Morgan fingerprint density at radius 3 is 2.75 bits per heavy atom. The van der Waals surface area contributed by atoms with Crippen molar-refractivity contribution in [2.45, 2.75) is 6.10 Å². The van der Waals surface area contributed by atoms with Crippen LogP contribution in [-0.2, 0) is 9.47 Å². The molecule has 0 fully saturated rings. The standard InChI is InChI=1S/C7H12O5/c1-2-3-11-4-6(8)5-12-7(9)10/h2,6,8H,1,3-5H2,(H,9,10). The van der Waals surface area contributed by atoms with Crippen molar-refractivity contribution in [3.63, 3.8) is 0 Å². The van der Waals surface area contributed by atoms with Gasteiger partial charge in [0.2, 0.25) is 0 Å². The van der Waals surface area contributed by atoms with Crippen molar-refractivity contribution < 1.29 is 24.5 Å². The molecule has 0 rings (SSSR count). The van der Waals surface area contributed by atoms with E-state index < -0.39 is 12.3 Å². The topological polar surface area (TPSA) is 76.0 Å². The third-order valence-electron chi connectivity index (χ3n) is 0.945. The molecule has 0 heterocycles. The van der Waals surface area contributed by atoms with Crippen LogP contribution in [0.15, 0.2) is 12.7 Å². The summed E-state index contributed by atoms with van der Waals surface area (Å²) >= 11 is 0. The Morgan fingerprint density at radius 1 is 1.58 bits per heavy atom. The van der Waals surface area contributed by atoms with Gasteiger partial charge in [-0.3, -0.25) is 0 Å². The largest absolute Gasteiger partial charge is 0.505 e. The number of aliphatic hydroxyl groups is 1. The second kappa shape index (κ2) is 6.63. The molecule has 0 saturated carbocycles. The summed E-state index contributed by atoms with van der Waals surface area (Å²) in [6.07, 6.45) is -0.788. The zero-order valence-corrected chi connectivity index (χ0v) is 6.60. The molecular weight excluding hydrogens is 164 g/mol. The molecule has 5 heteroatoms. The van der Waals surface area contributed by atoms with Gasteiger partial charge in [-0.1, -0.05) is 6.08 Å². The minimum absolute atomic E-state index is 0.0410. The molecule has 1 atom stereocenters. The highest BCUT2D eigenvalue weighted by atomic mass is 16.7. The second-order valence-electron chi connectivity index (χ2n) is 2.06. The predicted molar refractivity (Wildman–Crippen MR) is 41.0 cm³/mol. The molecule has 0 aliphatic heterocycles. The maximum absolute atomic E-state index is 9.84. The van der Waals surface area contributed by atoms with Crippen molar-refractivity contribution in [3.05, 3.63) is 12.7 Å². The van der Waals surface area contributed by atoms with Crippen molar-refractivity contribution in [1.82, 2.24) is 0 Å². The molecule has 0 aliphatic carbocycles. The second-order valence-corrected chi connectivity index (χ2v) is 2.06. The van der Waals surface area contributed by atoms with Gasteiger partial charge in [-0.05, 0) is 0 Å². The fraction of sp³-hybridized carbons (Fsp3) is 0.571. The van der Waals surface area contributed by atoms with Crippen molar-refractivity contribution in [2.24, 2.45) is 0 Å². The zero-order valence-electron chi connectivity index (χ0n) is 6.60. The van der Waals surface area contributed by atoms with E-state index in [1.807, 2.05) is 0 Å². The minimum atomic E-state index is -1.40. The average molecular weight is 176 g/mol. The van der Waals surface area contributed by atoms with Crippen LogP contribution in [0, 0.1) is 0 Å². The van der Waals surface area contributed by atoms with Crippen molar-refractivity contribution in [2.75, 3.05) is 19.8 Å². The lowest BCUT2D eigenvalue weighted by atomic mass is 10.4. The molecule has 12 heavy (non-hydrogen) atoms. The Balaban J connectivity index is 3.26. The first-order valence-electron chi connectivity index (χ1n) is 3.39. The third kappa shape index (κ3) is 7.04. The highest BCUT2D eigenvalue weighted by Gasteiger charge is 2.06. The normalized spacial score (nSPS) is 12.1.